The molecular weight excluding hydrogens is 334 g/mol. The lowest BCUT2D eigenvalue weighted by Crippen LogP contribution is -2.10. The van der Waals surface area contributed by atoms with Crippen molar-refractivity contribution in [2.24, 2.45) is 0 Å². The van der Waals surface area contributed by atoms with Crippen LogP contribution in [0.5, 0.6) is 0 Å². The molecule has 128 valence electrons. The van der Waals surface area contributed by atoms with E-state index in [4.69, 9.17) is 15.1 Å². The van der Waals surface area contributed by atoms with Crippen LogP contribution in [0.4, 0.5) is 5.82 Å². The Morgan fingerprint density at radius 1 is 1.20 bits per heavy atom. The summed E-state index contributed by atoms with van der Waals surface area (Å²) >= 11 is 1.76. The number of nitrogens with one attached hydrogen (secondary N) is 1. The van der Waals surface area contributed by atoms with Gasteiger partial charge in [-0.1, -0.05) is 30.3 Å². The molecule has 0 fully saturated rings. The van der Waals surface area contributed by atoms with Crippen LogP contribution in [-0.2, 0) is 24.1 Å². The molecule has 1 aromatic carbocycles. The molecule has 2 aromatic heterocycles. The van der Waals surface area contributed by atoms with E-state index in [-0.39, 0.29) is 6.42 Å². The molecule has 2 heterocycles. The molecule has 0 amide bonds. The average Bonchev–Trinajstić information content (AvgIpc) is 3.16. The predicted octanol–water partition coefficient (Wildman–Crippen LogP) is 3.66. The summed E-state index contributed by atoms with van der Waals surface area (Å²) in [5, 5.41) is 13.2. The largest absolute Gasteiger partial charge is 0.481 e. The molecule has 5 nitrogen and oxygen atoms in total. The number of nitrogens with zero attached hydrogens (tertiary/aromatic N) is 2. The van der Waals surface area contributed by atoms with Gasteiger partial charge in [-0.05, 0) is 30.4 Å². The topological polar surface area (TPSA) is 75.1 Å². The highest BCUT2D eigenvalue weighted by Gasteiger charge is 2.22. The maximum Gasteiger partial charge on any atom is 0.305 e. The highest BCUT2D eigenvalue weighted by molar-refractivity contribution is 7.19. The Labute approximate surface area is 149 Å². The third-order valence-corrected chi connectivity index (χ3v) is 5.63. The molecule has 0 saturated heterocycles. The van der Waals surface area contributed by atoms with Crippen molar-refractivity contribution in [1.29, 1.82) is 0 Å². The van der Waals surface area contributed by atoms with Crippen molar-refractivity contribution in [3.05, 3.63) is 52.2 Å². The number of aryl methyl sites for hydroxylation is 2. The maximum absolute atomic E-state index is 10.8. The molecule has 2 N–H and O–H groups in total. The van der Waals surface area contributed by atoms with Crippen molar-refractivity contribution in [3.8, 4) is 0 Å². The number of rotatable bonds is 6. The first-order chi connectivity index (χ1) is 12.2. The Morgan fingerprint density at radius 2 is 2.04 bits per heavy atom. The van der Waals surface area contributed by atoms with E-state index in [0.717, 1.165) is 34.7 Å². The van der Waals surface area contributed by atoms with E-state index >= 15 is 0 Å². The lowest BCUT2D eigenvalue weighted by Gasteiger charge is -2.09. The van der Waals surface area contributed by atoms with Crippen molar-refractivity contribution in [3.63, 3.8) is 0 Å². The summed E-state index contributed by atoms with van der Waals surface area (Å²) in [5.74, 6) is 0.755. The van der Waals surface area contributed by atoms with Crippen molar-refractivity contribution in [1.82, 2.24) is 9.97 Å². The first-order valence-electron chi connectivity index (χ1n) is 8.51. The Kier molecular flexibility index (Phi) is 4.36. The van der Waals surface area contributed by atoms with E-state index in [0.29, 0.717) is 13.0 Å². The van der Waals surface area contributed by atoms with E-state index in [1.54, 1.807) is 11.3 Å². The molecule has 25 heavy (non-hydrogen) atoms. The standard InChI is InChI=1S/C19H19N3O2S/c23-16(24)9-10-20-18-17-13-7-4-8-14(13)25-19(17)22-15(21-18)11-12-5-2-1-3-6-12/h1-3,5-6H,4,7-11H2,(H,23,24)(H,20,21,22). The quantitative estimate of drug-likeness (QED) is 0.707. The van der Waals surface area contributed by atoms with Crippen LogP contribution >= 0.6 is 11.3 Å². The molecule has 0 spiro atoms. The molecular formula is C19H19N3O2S. The molecule has 1 aliphatic rings. The van der Waals surface area contributed by atoms with Gasteiger partial charge in [-0.3, -0.25) is 4.79 Å². The molecule has 0 atom stereocenters. The summed E-state index contributed by atoms with van der Waals surface area (Å²) in [6.45, 7) is 0.372. The molecule has 0 unspecified atom stereocenters. The van der Waals surface area contributed by atoms with Crippen molar-refractivity contribution >= 4 is 33.3 Å². The molecule has 3 aromatic rings. The summed E-state index contributed by atoms with van der Waals surface area (Å²) in [6, 6.07) is 10.2. The number of carboxylic acid groups (broad SMARTS) is 1. The third kappa shape index (κ3) is 3.35. The Bertz CT molecular complexity index is 921. The number of fused-ring (bicyclic) bond motifs is 3. The van der Waals surface area contributed by atoms with Crippen LogP contribution in [0.3, 0.4) is 0 Å². The van der Waals surface area contributed by atoms with Gasteiger partial charge in [0.2, 0.25) is 0 Å². The van der Waals surface area contributed by atoms with Crippen molar-refractivity contribution in [2.75, 3.05) is 11.9 Å². The number of hydrogen-bond donors (Lipinski definition) is 2. The van der Waals surface area contributed by atoms with E-state index < -0.39 is 5.97 Å². The van der Waals surface area contributed by atoms with Crippen molar-refractivity contribution in [2.45, 2.75) is 32.1 Å². The molecule has 0 saturated carbocycles. The molecule has 4 rings (SSSR count). The molecule has 0 bridgehead atoms. The minimum atomic E-state index is -0.808. The summed E-state index contributed by atoms with van der Waals surface area (Å²) in [6.07, 6.45) is 4.10. The van der Waals surface area contributed by atoms with E-state index in [1.165, 1.54) is 22.4 Å². The minimum absolute atomic E-state index is 0.0752. The fourth-order valence-electron chi connectivity index (χ4n) is 3.31. The lowest BCUT2D eigenvalue weighted by molar-refractivity contribution is -0.136. The second-order valence-electron chi connectivity index (χ2n) is 6.26. The van der Waals surface area contributed by atoms with Gasteiger partial charge < -0.3 is 10.4 Å². The number of benzene rings is 1. The SMILES string of the molecule is O=C(O)CCNc1nc(Cc2ccccc2)nc2sc3c(c12)CCC3. The van der Waals surface area contributed by atoms with Gasteiger partial charge in [0.05, 0.1) is 11.8 Å². The zero-order chi connectivity index (χ0) is 17.2. The predicted molar refractivity (Wildman–Crippen MR) is 99.4 cm³/mol. The summed E-state index contributed by atoms with van der Waals surface area (Å²) in [4.78, 5) is 22.8. The number of anilines is 1. The first kappa shape index (κ1) is 16.0. The minimum Gasteiger partial charge on any atom is -0.481 e. The fourth-order valence-corrected chi connectivity index (χ4v) is 4.59. The summed E-state index contributed by atoms with van der Waals surface area (Å²) < 4.78 is 0. The number of carbonyl (C=O) groups is 1. The van der Waals surface area contributed by atoms with Gasteiger partial charge in [-0.15, -0.1) is 11.3 Å². The van der Waals surface area contributed by atoms with Crippen molar-refractivity contribution < 1.29 is 9.90 Å². The average molecular weight is 353 g/mol. The van der Waals surface area contributed by atoms with Crippen LogP contribution < -0.4 is 5.32 Å². The monoisotopic (exact) mass is 353 g/mol. The Morgan fingerprint density at radius 3 is 2.84 bits per heavy atom. The second kappa shape index (κ2) is 6.80. The molecule has 0 radical (unpaired) electrons. The number of thiophene rings is 1. The van der Waals surface area contributed by atoms with Gasteiger partial charge in [-0.2, -0.15) is 0 Å². The Balaban J connectivity index is 1.71. The third-order valence-electron chi connectivity index (χ3n) is 4.45. The zero-order valence-electron chi connectivity index (χ0n) is 13.8. The van der Waals surface area contributed by atoms with Gasteiger partial charge in [0.15, 0.2) is 0 Å². The van der Waals surface area contributed by atoms with Gasteiger partial charge in [0.25, 0.3) is 0 Å². The summed E-state index contributed by atoms with van der Waals surface area (Å²) in [7, 11) is 0. The molecule has 0 aliphatic heterocycles. The first-order valence-corrected chi connectivity index (χ1v) is 9.33. The van der Waals surface area contributed by atoms with Crippen LogP contribution in [0, 0.1) is 0 Å². The highest BCUT2D eigenvalue weighted by atomic mass is 32.1. The fraction of sp³-hybridized carbons (Fsp3) is 0.316. The van der Waals surface area contributed by atoms with Gasteiger partial charge in [0.1, 0.15) is 16.5 Å². The van der Waals surface area contributed by atoms with E-state index in [2.05, 4.69) is 17.4 Å². The number of aromatic nitrogens is 2. The van der Waals surface area contributed by atoms with Crippen LogP contribution in [-0.4, -0.2) is 27.6 Å². The van der Waals surface area contributed by atoms with Gasteiger partial charge in [0, 0.05) is 17.8 Å². The van der Waals surface area contributed by atoms with E-state index in [9.17, 15) is 4.79 Å². The highest BCUT2D eigenvalue weighted by Crippen LogP contribution is 2.39. The Hall–Kier alpha value is -2.47. The maximum atomic E-state index is 10.8. The number of hydrogen-bond acceptors (Lipinski definition) is 5. The van der Waals surface area contributed by atoms with E-state index in [1.807, 2.05) is 18.2 Å². The number of carboxylic acids is 1. The molecule has 1 aliphatic carbocycles. The van der Waals surface area contributed by atoms with Crippen LogP contribution in [0.2, 0.25) is 0 Å². The van der Waals surface area contributed by atoms with Gasteiger partial charge in [-0.25, -0.2) is 9.97 Å². The normalized spacial score (nSPS) is 13.1. The van der Waals surface area contributed by atoms with Crippen LogP contribution in [0.15, 0.2) is 30.3 Å². The van der Waals surface area contributed by atoms with Crippen LogP contribution in [0.1, 0.15) is 34.7 Å². The second-order valence-corrected chi connectivity index (χ2v) is 7.34. The van der Waals surface area contributed by atoms with Gasteiger partial charge >= 0.3 is 5.97 Å². The zero-order valence-corrected chi connectivity index (χ0v) is 14.6. The summed E-state index contributed by atoms with van der Waals surface area (Å²) in [5.41, 5.74) is 2.52. The van der Waals surface area contributed by atoms with Crippen LogP contribution in [0.25, 0.3) is 10.2 Å². The number of aliphatic carboxylic acids is 1. The molecule has 6 heteroatoms. The smallest absolute Gasteiger partial charge is 0.305 e. The lowest BCUT2D eigenvalue weighted by atomic mass is 10.1.